The van der Waals surface area contributed by atoms with E-state index in [0.29, 0.717) is 23.7 Å². The molecule has 0 saturated carbocycles. The van der Waals surface area contributed by atoms with Crippen LogP contribution in [0.15, 0.2) is 41.3 Å². The van der Waals surface area contributed by atoms with Gasteiger partial charge in [0.15, 0.2) is 0 Å². The van der Waals surface area contributed by atoms with Gasteiger partial charge in [-0.2, -0.15) is 4.31 Å². The Labute approximate surface area is 179 Å². The molecule has 162 valence electrons. The van der Waals surface area contributed by atoms with Crippen LogP contribution in [-0.2, 0) is 14.8 Å². The van der Waals surface area contributed by atoms with E-state index >= 15 is 0 Å². The molecule has 1 heterocycles. The summed E-state index contributed by atoms with van der Waals surface area (Å²) in [6.07, 6.45) is 3.99. The average Bonchev–Trinajstić information content (AvgIpc) is 2.99. The zero-order chi connectivity index (χ0) is 21.7. The second kappa shape index (κ2) is 9.62. The Morgan fingerprint density at radius 1 is 0.933 bits per heavy atom. The lowest BCUT2D eigenvalue weighted by Crippen LogP contribution is -2.31. The second-order valence-electron chi connectivity index (χ2n) is 8.02. The molecule has 0 aliphatic carbocycles. The summed E-state index contributed by atoms with van der Waals surface area (Å²) >= 11 is 0. The molecule has 2 aromatic rings. The average molecular weight is 430 g/mol. The smallest absolute Gasteiger partial charge is 0.243 e. The molecule has 2 N–H and O–H groups in total. The van der Waals surface area contributed by atoms with E-state index in [9.17, 15) is 13.2 Å². The quantitative estimate of drug-likeness (QED) is 0.720. The number of nitrogens with one attached hydrogen (secondary N) is 2. The molecule has 1 aliphatic rings. The fraction of sp³-hybridized carbons (Fsp3) is 0.435. The van der Waals surface area contributed by atoms with Crippen molar-refractivity contribution in [3.8, 4) is 0 Å². The lowest BCUT2D eigenvalue weighted by molar-refractivity contribution is -0.114. The first-order valence-electron chi connectivity index (χ1n) is 10.5. The summed E-state index contributed by atoms with van der Waals surface area (Å²) in [5, 5.41) is 6.02. The number of anilines is 2. The van der Waals surface area contributed by atoms with Gasteiger partial charge in [0.1, 0.15) is 0 Å². The molecule has 0 atom stereocenters. The van der Waals surface area contributed by atoms with Crippen LogP contribution in [0.2, 0.25) is 0 Å². The molecular weight excluding hydrogens is 398 g/mol. The number of nitrogens with zero attached hydrogens (tertiary/aromatic N) is 1. The molecule has 3 rings (SSSR count). The van der Waals surface area contributed by atoms with Crippen LogP contribution >= 0.6 is 0 Å². The minimum atomic E-state index is -3.46. The molecule has 6 nitrogen and oxygen atoms in total. The molecule has 0 unspecified atom stereocenters. The largest absolute Gasteiger partial charge is 0.376 e. The van der Waals surface area contributed by atoms with Crippen LogP contribution < -0.4 is 10.6 Å². The van der Waals surface area contributed by atoms with Crippen LogP contribution in [0.25, 0.3) is 0 Å². The number of carbonyl (C=O) groups excluding carboxylic acids is 1. The Balaban J connectivity index is 1.60. The van der Waals surface area contributed by atoms with E-state index in [2.05, 4.69) is 10.6 Å². The number of aryl methyl sites for hydroxylation is 3. The predicted molar refractivity (Wildman–Crippen MR) is 121 cm³/mol. The number of benzene rings is 2. The molecule has 0 aromatic heterocycles. The highest BCUT2D eigenvalue weighted by atomic mass is 32.2. The van der Waals surface area contributed by atoms with Crippen molar-refractivity contribution in [2.24, 2.45) is 0 Å². The first kappa shape index (κ1) is 22.3. The van der Waals surface area contributed by atoms with Crippen molar-refractivity contribution in [1.29, 1.82) is 0 Å². The number of amides is 1. The van der Waals surface area contributed by atoms with Crippen molar-refractivity contribution in [3.63, 3.8) is 0 Å². The summed E-state index contributed by atoms with van der Waals surface area (Å²) in [6, 6.07) is 10.7. The second-order valence-corrected chi connectivity index (χ2v) is 9.96. The van der Waals surface area contributed by atoms with E-state index in [1.165, 1.54) is 0 Å². The molecule has 0 bridgehead atoms. The van der Waals surface area contributed by atoms with E-state index in [-0.39, 0.29) is 12.5 Å². The Morgan fingerprint density at radius 2 is 1.50 bits per heavy atom. The maximum Gasteiger partial charge on any atom is 0.243 e. The fourth-order valence-electron chi connectivity index (χ4n) is 3.92. The van der Waals surface area contributed by atoms with Gasteiger partial charge >= 0.3 is 0 Å². The van der Waals surface area contributed by atoms with Gasteiger partial charge in [-0.3, -0.25) is 4.79 Å². The number of rotatable bonds is 6. The molecule has 30 heavy (non-hydrogen) atoms. The van der Waals surface area contributed by atoms with E-state index in [0.717, 1.165) is 48.1 Å². The van der Waals surface area contributed by atoms with Crippen LogP contribution in [0.4, 0.5) is 11.4 Å². The number of sulfonamides is 1. The predicted octanol–water partition coefficient (Wildman–Crippen LogP) is 4.23. The molecule has 1 saturated heterocycles. The van der Waals surface area contributed by atoms with Gasteiger partial charge in [-0.25, -0.2) is 8.42 Å². The molecule has 1 fully saturated rings. The monoisotopic (exact) mass is 429 g/mol. The molecule has 7 heteroatoms. The third-order valence-electron chi connectivity index (χ3n) is 5.45. The zero-order valence-corrected chi connectivity index (χ0v) is 18.8. The Morgan fingerprint density at radius 3 is 2.07 bits per heavy atom. The van der Waals surface area contributed by atoms with Crippen molar-refractivity contribution in [1.82, 2.24) is 4.31 Å². The highest BCUT2D eigenvalue weighted by Crippen LogP contribution is 2.23. The van der Waals surface area contributed by atoms with Crippen molar-refractivity contribution in [3.05, 3.63) is 53.1 Å². The summed E-state index contributed by atoms with van der Waals surface area (Å²) in [6.45, 7) is 7.26. The summed E-state index contributed by atoms with van der Waals surface area (Å²) in [7, 11) is -3.46. The lowest BCUT2D eigenvalue weighted by Gasteiger charge is -2.20. The maximum atomic E-state index is 12.8. The normalized spacial score (nSPS) is 15.4. The molecule has 1 amide bonds. The van der Waals surface area contributed by atoms with Crippen molar-refractivity contribution < 1.29 is 13.2 Å². The molecule has 1 aliphatic heterocycles. The zero-order valence-electron chi connectivity index (χ0n) is 18.0. The third-order valence-corrected chi connectivity index (χ3v) is 7.36. The van der Waals surface area contributed by atoms with Crippen molar-refractivity contribution >= 4 is 27.3 Å². The minimum absolute atomic E-state index is 0.102. The van der Waals surface area contributed by atoms with Gasteiger partial charge in [0.25, 0.3) is 0 Å². The molecular formula is C23H31N3O3S. The van der Waals surface area contributed by atoms with Crippen LogP contribution in [0.5, 0.6) is 0 Å². The van der Waals surface area contributed by atoms with Crippen molar-refractivity contribution in [2.75, 3.05) is 30.3 Å². The van der Waals surface area contributed by atoms with Crippen molar-refractivity contribution in [2.45, 2.75) is 51.3 Å². The lowest BCUT2D eigenvalue weighted by atomic mass is 10.1. The van der Waals surface area contributed by atoms with Gasteiger partial charge in [0.2, 0.25) is 15.9 Å². The van der Waals surface area contributed by atoms with Gasteiger partial charge < -0.3 is 10.6 Å². The number of hydrogen-bond acceptors (Lipinski definition) is 4. The Hall–Kier alpha value is -2.38. The standard InChI is InChI=1S/C23H31N3O3S/c1-17-14-18(2)23(19(3)15-17)25-22(27)16-24-20-8-10-21(11-9-20)30(28,29)26-12-6-4-5-7-13-26/h8-11,14-15,24H,4-7,12-13,16H2,1-3H3,(H,25,27). The SMILES string of the molecule is Cc1cc(C)c(NC(=O)CNc2ccc(S(=O)(=O)N3CCCCCC3)cc2)c(C)c1. The van der Waals surface area contributed by atoms with Gasteiger partial charge in [-0.05, 0) is 69.0 Å². The van der Waals surface area contributed by atoms with E-state index in [1.54, 1.807) is 28.6 Å². The Kier molecular flexibility index (Phi) is 7.15. The summed E-state index contributed by atoms with van der Waals surface area (Å²) in [5.41, 5.74) is 4.77. The van der Waals surface area contributed by atoms with Crippen LogP contribution in [-0.4, -0.2) is 38.3 Å². The van der Waals surface area contributed by atoms with E-state index in [4.69, 9.17) is 0 Å². The minimum Gasteiger partial charge on any atom is -0.376 e. The van der Waals surface area contributed by atoms with Crippen LogP contribution in [0, 0.1) is 20.8 Å². The third kappa shape index (κ3) is 5.40. The van der Waals surface area contributed by atoms with E-state index < -0.39 is 10.0 Å². The fourth-order valence-corrected chi connectivity index (χ4v) is 5.44. The van der Waals surface area contributed by atoms with Gasteiger partial charge in [-0.1, -0.05) is 30.5 Å². The summed E-state index contributed by atoms with van der Waals surface area (Å²) in [4.78, 5) is 12.7. The summed E-state index contributed by atoms with van der Waals surface area (Å²) in [5.74, 6) is -0.147. The number of hydrogen-bond donors (Lipinski definition) is 2. The van der Waals surface area contributed by atoms with Crippen LogP contribution in [0.1, 0.15) is 42.4 Å². The highest BCUT2D eigenvalue weighted by molar-refractivity contribution is 7.89. The number of carbonyl (C=O) groups is 1. The first-order valence-corrected chi connectivity index (χ1v) is 11.9. The van der Waals surface area contributed by atoms with E-state index in [1.807, 2.05) is 32.9 Å². The molecule has 2 aromatic carbocycles. The summed E-state index contributed by atoms with van der Waals surface area (Å²) < 4.78 is 27.3. The maximum absolute atomic E-state index is 12.8. The molecule has 0 spiro atoms. The highest BCUT2D eigenvalue weighted by Gasteiger charge is 2.24. The molecule has 0 radical (unpaired) electrons. The first-order chi connectivity index (χ1) is 14.3. The van der Waals surface area contributed by atoms with Gasteiger partial charge in [-0.15, -0.1) is 0 Å². The topological polar surface area (TPSA) is 78.5 Å². The Bertz CT molecular complexity index is 970. The van der Waals surface area contributed by atoms with Gasteiger partial charge in [0, 0.05) is 24.5 Å². The van der Waals surface area contributed by atoms with Gasteiger partial charge in [0.05, 0.1) is 11.4 Å². The van der Waals surface area contributed by atoms with Crippen LogP contribution in [0.3, 0.4) is 0 Å².